The van der Waals surface area contributed by atoms with E-state index in [4.69, 9.17) is 18.0 Å². The largest absolute Gasteiger partial charge is 0.389 e. The van der Waals surface area contributed by atoms with Gasteiger partial charge in [-0.2, -0.15) is 11.8 Å². The molecule has 0 spiro atoms. The maximum atomic E-state index is 11.9. The molecule has 0 radical (unpaired) electrons. The Morgan fingerprint density at radius 2 is 2.06 bits per heavy atom. The molecule has 3 N–H and O–H groups in total. The topological polar surface area (TPSA) is 55.1 Å². The van der Waals surface area contributed by atoms with Gasteiger partial charge in [0.1, 0.15) is 4.99 Å². The first-order valence-electron chi connectivity index (χ1n) is 5.92. The molecule has 1 aromatic rings. The van der Waals surface area contributed by atoms with E-state index < -0.39 is 0 Å². The van der Waals surface area contributed by atoms with Crippen molar-refractivity contribution < 1.29 is 4.79 Å². The minimum absolute atomic E-state index is 0.0265. The number of thiocarbonyl (C=S) groups is 1. The molecular formula is C13H16N2OS2. The van der Waals surface area contributed by atoms with E-state index in [1.165, 1.54) is 12.2 Å². The molecule has 1 heterocycles. The van der Waals surface area contributed by atoms with Crippen molar-refractivity contribution in [1.82, 2.24) is 5.32 Å². The highest BCUT2D eigenvalue weighted by molar-refractivity contribution is 7.99. The molecule has 1 saturated heterocycles. The van der Waals surface area contributed by atoms with Gasteiger partial charge in [-0.1, -0.05) is 24.4 Å². The maximum absolute atomic E-state index is 11.9. The summed E-state index contributed by atoms with van der Waals surface area (Å²) >= 11 is 6.82. The molecule has 0 bridgehead atoms. The van der Waals surface area contributed by atoms with Crippen molar-refractivity contribution in [3.05, 3.63) is 35.4 Å². The van der Waals surface area contributed by atoms with E-state index >= 15 is 0 Å². The Hall–Kier alpha value is -1.07. The van der Waals surface area contributed by atoms with E-state index in [9.17, 15) is 4.79 Å². The SMILES string of the molecule is NC(=S)c1ccc(C(=O)NCC2CCSC2)cc1. The minimum Gasteiger partial charge on any atom is -0.389 e. The van der Waals surface area contributed by atoms with Gasteiger partial charge < -0.3 is 11.1 Å². The Morgan fingerprint density at radius 1 is 1.39 bits per heavy atom. The Labute approximate surface area is 117 Å². The van der Waals surface area contributed by atoms with Crippen molar-refractivity contribution in [2.24, 2.45) is 11.7 Å². The highest BCUT2D eigenvalue weighted by Gasteiger charge is 2.16. The predicted molar refractivity (Wildman–Crippen MR) is 80.1 cm³/mol. The maximum Gasteiger partial charge on any atom is 0.251 e. The van der Waals surface area contributed by atoms with Crippen LogP contribution in [-0.2, 0) is 0 Å². The molecule has 2 rings (SSSR count). The third-order valence-electron chi connectivity index (χ3n) is 3.01. The van der Waals surface area contributed by atoms with E-state index in [2.05, 4.69) is 5.32 Å². The molecule has 1 unspecified atom stereocenters. The lowest BCUT2D eigenvalue weighted by atomic mass is 10.1. The first kappa shape index (κ1) is 13.4. The van der Waals surface area contributed by atoms with Crippen LogP contribution in [0.1, 0.15) is 22.3 Å². The molecule has 1 aliphatic rings. The smallest absolute Gasteiger partial charge is 0.251 e. The first-order chi connectivity index (χ1) is 8.66. The van der Waals surface area contributed by atoms with Gasteiger partial charge >= 0.3 is 0 Å². The summed E-state index contributed by atoms with van der Waals surface area (Å²) in [6, 6.07) is 7.08. The second kappa shape index (κ2) is 6.20. The summed E-state index contributed by atoms with van der Waals surface area (Å²) in [5.74, 6) is 2.96. The second-order valence-electron chi connectivity index (χ2n) is 4.38. The molecule has 0 aromatic heterocycles. The number of rotatable bonds is 4. The highest BCUT2D eigenvalue weighted by atomic mass is 32.2. The number of nitrogens with one attached hydrogen (secondary N) is 1. The zero-order valence-corrected chi connectivity index (χ0v) is 11.7. The third kappa shape index (κ3) is 3.46. The van der Waals surface area contributed by atoms with Gasteiger partial charge in [0.25, 0.3) is 5.91 Å². The molecule has 1 fully saturated rings. The number of hydrogen-bond acceptors (Lipinski definition) is 3. The molecule has 0 aliphatic carbocycles. The Balaban J connectivity index is 1.89. The second-order valence-corrected chi connectivity index (χ2v) is 5.97. The molecule has 0 saturated carbocycles. The van der Waals surface area contributed by atoms with Crippen molar-refractivity contribution in [2.75, 3.05) is 18.1 Å². The monoisotopic (exact) mass is 280 g/mol. The van der Waals surface area contributed by atoms with Crippen molar-refractivity contribution in [1.29, 1.82) is 0 Å². The van der Waals surface area contributed by atoms with Gasteiger partial charge in [0, 0.05) is 17.7 Å². The van der Waals surface area contributed by atoms with Crippen molar-refractivity contribution in [3.8, 4) is 0 Å². The van der Waals surface area contributed by atoms with Crippen LogP contribution in [0.2, 0.25) is 0 Å². The van der Waals surface area contributed by atoms with Crippen molar-refractivity contribution in [2.45, 2.75) is 6.42 Å². The number of carbonyl (C=O) groups excluding carboxylic acids is 1. The van der Waals surface area contributed by atoms with E-state index in [0.717, 1.165) is 17.9 Å². The molecule has 1 aromatic carbocycles. The van der Waals surface area contributed by atoms with Crippen LogP contribution in [0.15, 0.2) is 24.3 Å². The van der Waals surface area contributed by atoms with Gasteiger partial charge in [-0.05, 0) is 36.0 Å². The van der Waals surface area contributed by atoms with Crippen LogP contribution in [0.25, 0.3) is 0 Å². The number of hydrogen-bond donors (Lipinski definition) is 2. The number of nitrogens with two attached hydrogens (primary N) is 1. The standard InChI is InChI=1S/C13H16N2OS2/c14-12(17)10-1-3-11(4-2-10)13(16)15-7-9-5-6-18-8-9/h1-4,9H,5-8H2,(H2,14,17)(H,15,16). The van der Waals surface area contributed by atoms with E-state index in [0.29, 0.717) is 16.5 Å². The van der Waals surface area contributed by atoms with Crippen LogP contribution in [0, 0.1) is 5.92 Å². The molecule has 18 heavy (non-hydrogen) atoms. The fourth-order valence-electron chi connectivity index (χ4n) is 1.87. The van der Waals surface area contributed by atoms with Crippen LogP contribution < -0.4 is 11.1 Å². The van der Waals surface area contributed by atoms with E-state index in [-0.39, 0.29) is 5.91 Å². The molecule has 5 heteroatoms. The van der Waals surface area contributed by atoms with Crippen LogP contribution in [0.3, 0.4) is 0 Å². The molecule has 1 amide bonds. The molecule has 96 valence electrons. The average Bonchev–Trinajstić information content (AvgIpc) is 2.89. The predicted octanol–water partition coefficient (Wildman–Crippen LogP) is 1.80. The van der Waals surface area contributed by atoms with Crippen LogP contribution >= 0.6 is 24.0 Å². The van der Waals surface area contributed by atoms with E-state index in [1.54, 1.807) is 24.3 Å². The first-order valence-corrected chi connectivity index (χ1v) is 7.49. The summed E-state index contributed by atoms with van der Waals surface area (Å²) in [5, 5.41) is 2.97. The third-order valence-corrected chi connectivity index (χ3v) is 4.47. The average molecular weight is 280 g/mol. The zero-order chi connectivity index (χ0) is 13.0. The van der Waals surface area contributed by atoms with E-state index in [1.807, 2.05) is 11.8 Å². The van der Waals surface area contributed by atoms with Crippen molar-refractivity contribution in [3.63, 3.8) is 0 Å². The van der Waals surface area contributed by atoms with Gasteiger partial charge in [-0.3, -0.25) is 4.79 Å². The molecular weight excluding hydrogens is 264 g/mol. The summed E-state index contributed by atoms with van der Waals surface area (Å²) < 4.78 is 0. The fourth-order valence-corrected chi connectivity index (χ4v) is 3.29. The number of carbonyl (C=O) groups is 1. The Bertz CT molecular complexity index is 439. The highest BCUT2D eigenvalue weighted by Crippen LogP contribution is 2.22. The number of amides is 1. The molecule has 1 atom stereocenters. The van der Waals surface area contributed by atoms with Gasteiger partial charge in [0.05, 0.1) is 0 Å². The van der Waals surface area contributed by atoms with Gasteiger partial charge in [0.15, 0.2) is 0 Å². The zero-order valence-electron chi connectivity index (χ0n) is 10.0. The Kier molecular flexibility index (Phi) is 4.60. The van der Waals surface area contributed by atoms with Gasteiger partial charge in [-0.25, -0.2) is 0 Å². The fraction of sp³-hybridized carbons (Fsp3) is 0.385. The lowest BCUT2D eigenvalue weighted by Crippen LogP contribution is -2.29. The summed E-state index contributed by atoms with van der Waals surface area (Å²) in [5.41, 5.74) is 6.95. The van der Waals surface area contributed by atoms with Crippen LogP contribution in [0.5, 0.6) is 0 Å². The van der Waals surface area contributed by atoms with Crippen LogP contribution in [-0.4, -0.2) is 28.9 Å². The summed E-state index contributed by atoms with van der Waals surface area (Å²) in [4.78, 5) is 12.3. The lowest BCUT2D eigenvalue weighted by molar-refractivity contribution is 0.0948. The Morgan fingerprint density at radius 3 is 2.61 bits per heavy atom. The molecule has 3 nitrogen and oxygen atoms in total. The summed E-state index contributed by atoms with van der Waals surface area (Å²) in [6.45, 7) is 0.767. The number of thioether (sulfide) groups is 1. The lowest BCUT2D eigenvalue weighted by Gasteiger charge is -2.10. The normalized spacial score (nSPS) is 18.6. The number of benzene rings is 1. The van der Waals surface area contributed by atoms with Crippen LogP contribution in [0.4, 0.5) is 0 Å². The molecule has 1 aliphatic heterocycles. The quantitative estimate of drug-likeness (QED) is 0.826. The minimum atomic E-state index is -0.0265. The van der Waals surface area contributed by atoms with Crippen molar-refractivity contribution >= 4 is 34.9 Å². The summed E-state index contributed by atoms with van der Waals surface area (Å²) in [6.07, 6.45) is 1.20. The summed E-state index contributed by atoms with van der Waals surface area (Å²) in [7, 11) is 0. The van der Waals surface area contributed by atoms with Gasteiger partial charge in [-0.15, -0.1) is 0 Å². The van der Waals surface area contributed by atoms with Gasteiger partial charge in [0.2, 0.25) is 0 Å².